The van der Waals surface area contributed by atoms with Gasteiger partial charge in [-0.25, -0.2) is 0 Å². The summed E-state index contributed by atoms with van der Waals surface area (Å²) in [6.45, 7) is 6.23. The van der Waals surface area contributed by atoms with Crippen molar-refractivity contribution in [3.8, 4) is 0 Å². The molecule has 4 rings (SSSR count). The second kappa shape index (κ2) is 25.2. The fourth-order valence-electron chi connectivity index (χ4n) is 7.70. The van der Waals surface area contributed by atoms with Gasteiger partial charge in [-0.1, -0.05) is 120 Å². The minimum absolute atomic E-state index is 0.0720. The van der Waals surface area contributed by atoms with E-state index in [2.05, 4.69) is 13.8 Å². The molecule has 0 amide bonds. The molecule has 0 aliphatic heterocycles. The summed E-state index contributed by atoms with van der Waals surface area (Å²) in [5.41, 5.74) is 4.07. The van der Waals surface area contributed by atoms with E-state index in [1.807, 2.05) is 48.5 Å². The van der Waals surface area contributed by atoms with Crippen molar-refractivity contribution in [2.45, 2.75) is 198 Å². The summed E-state index contributed by atoms with van der Waals surface area (Å²) in [7, 11) is 0. The SMILES string of the molecule is CCCCCCCCOC1CCC(c2ccc(CCC(F)(F)F)cc2)CC1.CCCCCCCOC1CCC(c2ccc(CCC(F)(F)F)cc2)CC1. The maximum Gasteiger partial charge on any atom is 0.389 e. The number of hydrogen-bond donors (Lipinski definition) is 0. The van der Waals surface area contributed by atoms with Crippen LogP contribution in [0.3, 0.4) is 0 Å². The van der Waals surface area contributed by atoms with Crippen LogP contribution in [0, 0.1) is 0 Å². The van der Waals surface area contributed by atoms with Gasteiger partial charge >= 0.3 is 12.4 Å². The van der Waals surface area contributed by atoms with Crippen LogP contribution >= 0.6 is 0 Å². The van der Waals surface area contributed by atoms with E-state index < -0.39 is 25.2 Å². The molecule has 2 saturated carbocycles. The second-order valence-electron chi connectivity index (χ2n) is 15.6. The maximum absolute atomic E-state index is 12.3. The van der Waals surface area contributed by atoms with Crippen molar-refractivity contribution >= 4 is 0 Å². The van der Waals surface area contributed by atoms with E-state index in [0.717, 1.165) is 75.7 Å². The molecule has 2 aromatic rings. The van der Waals surface area contributed by atoms with Crippen LogP contribution in [0.4, 0.5) is 26.3 Å². The Labute approximate surface area is 317 Å². The lowest BCUT2D eigenvalue weighted by molar-refractivity contribution is -0.134. The molecule has 0 aromatic heterocycles. The van der Waals surface area contributed by atoms with Gasteiger partial charge < -0.3 is 9.47 Å². The first-order chi connectivity index (χ1) is 25.5. The van der Waals surface area contributed by atoms with Crippen LogP contribution in [0.5, 0.6) is 0 Å². The Bertz CT molecular complexity index is 1180. The largest absolute Gasteiger partial charge is 0.389 e. The highest BCUT2D eigenvalue weighted by Gasteiger charge is 2.28. The van der Waals surface area contributed by atoms with Crippen molar-refractivity contribution in [2.24, 2.45) is 0 Å². The second-order valence-corrected chi connectivity index (χ2v) is 15.6. The van der Waals surface area contributed by atoms with Crippen LogP contribution in [0.1, 0.15) is 183 Å². The summed E-state index contributed by atoms with van der Waals surface area (Å²) in [5, 5.41) is 0. The van der Waals surface area contributed by atoms with Crippen LogP contribution in [-0.4, -0.2) is 37.8 Å². The minimum Gasteiger partial charge on any atom is -0.378 e. The van der Waals surface area contributed by atoms with Crippen molar-refractivity contribution in [3.63, 3.8) is 0 Å². The number of unbranched alkanes of at least 4 members (excludes halogenated alkanes) is 9. The number of alkyl halides is 6. The van der Waals surface area contributed by atoms with Gasteiger partial charge in [0, 0.05) is 26.1 Å². The fraction of sp³-hybridized carbons (Fsp3) is 0.733. The first-order valence-corrected chi connectivity index (χ1v) is 21.0. The normalized spacial score (nSPS) is 20.9. The minimum atomic E-state index is -4.08. The van der Waals surface area contributed by atoms with E-state index in [1.165, 1.54) is 81.8 Å². The molecule has 53 heavy (non-hydrogen) atoms. The smallest absolute Gasteiger partial charge is 0.378 e. The standard InChI is InChI=1S/C23H35F3O.C22H33F3O/c1-2-3-4-5-6-7-18-27-22-14-12-21(13-15-22)20-10-8-19(9-11-20)16-17-23(24,25)26;1-2-3-4-5-6-17-26-21-13-11-20(12-14-21)19-9-7-18(8-10-19)15-16-22(23,24)25/h8-11,21-22H,2-7,12-18H2,1H3;7-10,20-21H,2-6,11-17H2,1H3. The number of ether oxygens (including phenoxy) is 2. The lowest BCUT2D eigenvalue weighted by Gasteiger charge is -2.29. The van der Waals surface area contributed by atoms with Crippen molar-refractivity contribution in [1.82, 2.24) is 0 Å². The first kappa shape index (κ1) is 45.3. The van der Waals surface area contributed by atoms with Crippen molar-refractivity contribution in [2.75, 3.05) is 13.2 Å². The number of aryl methyl sites for hydroxylation is 2. The summed E-state index contributed by atoms with van der Waals surface area (Å²) >= 11 is 0. The van der Waals surface area contributed by atoms with Gasteiger partial charge in [0.15, 0.2) is 0 Å². The van der Waals surface area contributed by atoms with Gasteiger partial charge in [0.25, 0.3) is 0 Å². The molecule has 0 unspecified atom stereocenters. The summed E-state index contributed by atoms with van der Waals surface area (Å²) in [6.07, 6.45) is 14.2. The molecule has 2 nitrogen and oxygen atoms in total. The highest BCUT2D eigenvalue weighted by atomic mass is 19.4. The van der Waals surface area contributed by atoms with Gasteiger partial charge in [0.1, 0.15) is 0 Å². The zero-order valence-corrected chi connectivity index (χ0v) is 32.7. The molecule has 2 aliphatic rings. The van der Waals surface area contributed by atoms with Crippen molar-refractivity contribution < 1.29 is 35.8 Å². The van der Waals surface area contributed by atoms with Gasteiger partial charge in [0.2, 0.25) is 0 Å². The van der Waals surface area contributed by atoms with Gasteiger partial charge in [-0.15, -0.1) is 0 Å². The van der Waals surface area contributed by atoms with E-state index in [4.69, 9.17) is 9.47 Å². The molecule has 302 valence electrons. The highest BCUT2D eigenvalue weighted by Crippen LogP contribution is 2.36. The van der Waals surface area contributed by atoms with Crippen molar-refractivity contribution in [3.05, 3.63) is 70.8 Å². The Morgan fingerprint density at radius 1 is 0.453 bits per heavy atom. The Kier molecular flexibility index (Phi) is 21.5. The Balaban J connectivity index is 0.000000286. The third-order valence-corrected chi connectivity index (χ3v) is 11.1. The molecule has 2 aliphatic carbocycles. The van der Waals surface area contributed by atoms with Gasteiger partial charge in [-0.05, 0) is 111 Å². The Hall–Kier alpha value is -2.06. The zero-order valence-electron chi connectivity index (χ0n) is 32.7. The summed E-state index contributed by atoms with van der Waals surface area (Å²) in [4.78, 5) is 0. The monoisotopic (exact) mass is 755 g/mol. The van der Waals surface area contributed by atoms with Crippen LogP contribution in [-0.2, 0) is 22.3 Å². The molecule has 0 spiro atoms. The van der Waals surface area contributed by atoms with E-state index in [9.17, 15) is 26.3 Å². The molecule has 8 heteroatoms. The third kappa shape index (κ3) is 20.4. The number of hydrogen-bond acceptors (Lipinski definition) is 2. The lowest BCUT2D eigenvalue weighted by atomic mass is 9.82. The average molecular weight is 755 g/mol. The number of rotatable bonds is 21. The molecule has 0 radical (unpaired) electrons. The zero-order chi connectivity index (χ0) is 38.4. The van der Waals surface area contributed by atoms with E-state index in [0.29, 0.717) is 24.0 Å². The topological polar surface area (TPSA) is 18.5 Å². The summed E-state index contributed by atoms with van der Waals surface area (Å²) < 4.78 is 85.9. The van der Waals surface area contributed by atoms with Crippen LogP contribution in [0.25, 0.3) is 0 Å². The summed E-state index contributed by atoms with van der Waals surface area (Å²) in [5.74, 6) is 1.05. The Morgan fingerprint density at radius 2 is 0.774 bits per heavy atom. The molecule has 0 saturated heterocycles. The molecular weight excluding hydrogens is 686 g/mol. The third-order valence-electron chi connectivity index (χ3n) is 11.1. The first-order valence-electron chi connectivity index (χ1n) is 21.0. The molecule has 0 bridgehead atoms. The van der Waals surface area contributed by atoms with E-state index in [-0.39, 0.29) is 12.8 Å². The predicted octanol–water partition coefficient (Wildman–Crippen LogP) is 14.8. The fourth-order valence-corrected chi connectivity index (χ4v) is 7.70. The maximum atomic E-state index is 12.3. The molecule has 2 aromatic carbocycles. The van der Waals surface area contributed by atoms with E-state index >= 15 is 0 Å². The van der Waals surface area contributed by atoms with Crippen LogP contribution in [0.15, 0.2) is 48.5 Å². The van der Waals surface area contributed by atoms with Gasteiger partial charge in [-0.3, -0.25) is 0 Å². The van der Waals surface area contributed by atoms with Crippen molar-refractivity contribution in [1.29, 1.82) is 0 Å². The van der Waals surface area contributed by atoms with Crippen LogP contribution < -0.4 is 0 Å². The average Bonchev–Trinajstić information content (AvgIpc) is 3.15. The number of benzene rings is 2. The highest BCUT2D eigenvalue weighted by molar-refractivity contribution is 5.27. The predicted molar refractivity (Wildman–Crippen MR) is 206 cm³/mol. The quantitative estimate of drug-likeness (QED) is 0.0933. The van der Waals surface area contributed by atoms with Gasteiger partial charge in [-0.2, -0.15) is 26.3 Å². The number of halogens is 6. The van der Waals surface area contributed by atoms with Gasteiger partial charge in [0.05, 0.1) is 12.2 Å². The summed E-state index contributed by atoms with van der Waals surface area (Å²) in [6, 6.07) is 15.5. The lowest BCUT2D eigenvalue weighted by Crippen LogP contribution is -2.21. The van der Waals surface area contributed by atoms with Crippen LogP contribution in [0.2, 0.25) is 0 Å². The van der Waals surface area contributed by atoms with E-state index in [1.54, 1.807) is 0 Å². The molecule has 0 heterocycles. The molecule has 0 N–H and O–H groups in total. The molecular formula is C45H68F6O2. The molecule has 0 atom stereocenters. The molecule has 2 fully saturated rings. The Morgan fingerprint density at radius 3 is 1.09 bits per heavy atom.